The lowest BCUT2D eigenvalue weighted by atomic mass is 10.0. The van der Waals surface area contributed by atoms with Gasteiger partial charge in [-0.3, -0.25) is 4.98 Å². The molecule has 2 aromatic rings. The van der Waals surface area contributed by atoms with Crippen LogP contribution in [-0.4, -0.2) is 18.1 Å². The largest absolute Gasteiger partial charge is 0.465 e. The van der Waals surface area contributed by atoms with Crippen LogP contribution in [-0.2, 0) is 11.3 Å². The number of rotatable bonds is 3. The fourth-order valence-electron chi connectivity index (χ4n) is 1.81. The molecule has 6 heteroatoms. The van der Waals surface area contributed by atoms with Gasteiger partial charge >= 0.3 is 5.97 Å². The van der Waals surface area contributed by atoms with E-state index in [0.29, 0.717) is 0 Å². The Morgan fingerprint density at radius 1 is 1.35 bits per heavy atom. The van der Waals surface area contributed by atoms with Gasteiger partial charge in [0.05, 0.1) is 18.5 Å². The number of methoxy groups -OCH3 is 1. The van der Waals surface area contributed by atoms with Crippen molar-refractivity contribution >= 4 is 5.97 Å². The first kappa shape index (κ1) is 14.1. The molecule has 0 radical (unpaired) electrons. The summed E-state index contributed by atoms with van der Waals surface area (Å²) in [5.74, 6) is -2.19. The van der Waals surface area contributed by atoms with Crippen LogP contribution in [0.3, 0.4) is 0 Å². The van der Waals surface area contributed by atoms with Crippen LogP contribution in [0.15, 0.2) is 30.3 Å². The topological polar surface area (TPSA) is 65.2 Å². The lowest BCUT2D eigenvalue weighted by Crippen LogP contribution is -2.11. The Labute approximate surface area is 114 Å². The Kier molecular flexibility index (Phi) is 4.05. The number of carbonyl (C=O) groups excluding carboxylic acids is 1. The standard InChI is InChI=1S/C14H12F2N2O2/c1-20-14(19)12-11(16)6-10(7-17)18-13(12)8-3-2-4-9(15)5-8/h2-6H,7,17H2,1H3. The second-order valence-corrected chi connectivity index (χ2v) is 4.03. The van der Waals surface area contributed by atoms with Crippen LogP contribution in [0.2, 0.25) is 0 Å². The molecule has 0 amide bonds. The van der Waals surface area contributed by atoms with Crippen molar-refractivity contribution in [2.75, 3.05) is 7.11 Å². The number of benzene rings is 1. The number of hydrogen-bond donors (Lipinski definition) is 1. The van der Waals surface area contributed by atoms with Crippen LogP contribution in [0, 0.1) is 11.6 Å². The molecule has 1 aromatic heterocycles. The molecule has 0 unspecified atom stereocenters. The Bertz CT molecular complexity index is 660. The van der Waals surface area contributed by atoms with Crippen LogP contribution < -0.4 is 5.73 Å². The molecule has 0 saturated carbocycles. The smallest absolute Gasteiger partial charge is 0.343 e. The van der Waals surface area contributed by atoms with Gasteiger partial charge in [0, 0.05) is 12.1 Å². The van der Waals surface area contributed by atoms with E-state index in [2.05, 4.69) is 9.72 Å². The number of hydrogen-bond acceptors (Lipinski definition) is 4. The first-order valence-corrected chi connectivity index (χ1v) is 5.80. The van der Waals surface area contributed by atoms with Gasteiger partial charge in [-0.05, 0) is 18.2 Å². The Morgan fingerprint density at radius 2 is 2.10 bits per heavy atom. The zero-order valence-electron chi connectivity index (χ0n) is 10.7. The van der Waals surface area contributed by atoms with Crippen molar-refractivity contribution in [1.82, 2.24) is 4.98 Å². The van der Waals surface area contributed by atoms with Crippen molar-refractivity contribution in [1.29, 1.82) is 0 Å². The first-order chi connectivity index (χ1) is 9.56. The minimum absolute atomic E-state index is 0.000683. The van der Waals surface area contributed by atoms with Crippen LogP contribution in [0.5, 0.6) is 0 Å². The third kappa shape index (κ3) is 2.65. The molecule has 0 aliphatic rings. The monoisotopic (exact) mass is 278 g/mol. The van der Waals surface area contributed by atoms with Gasteiger partial charge in [0.25, 0.3) is 0 Å². The molecule has 0 spiro atoms. The zero-order chi connectivity index (χ0) is 14.7. The molecule has 2 rings (SSSR count). The van der Waals surface area contributed by atoms with Crippen molar-refractivity contribution in [2.24, 2.45) is 5.73 Å². The van der Waals surface area contributed by atoms with Gasteiger partial charge in [-0.15, -0.1) is 0 Å². The van der Waals surface area contributed by atoms with Gasteiger partial charge in [-0.2, -0.15) is 0 Å². The maximum atomic E-state index is 14.0. The van der Waals surface area contributed by atoms with Crippen LogP contribution in [0.1, 0.15) is 16.1 Å². The summed E-state index contributed by atoms with van der Waals surface area (Å²) < 4.78 is 31.9. The van der Waals surface area contributed by atoms with E-state index in [0.717, 1.165) is 19.2 Å². The maximum absolute atomic E-state index is 14.0. The molecule has 104 valence electrons. The van der Waals surface area contributed by atoms with Gasteiger partial charge in [0.2, 0.25) is 0 Å². The number of nitrogens with zero attached hydrogens (tertiary/aromatic N) is 1. The second kappa shape index (κ2) is 5.75. The van der Waals surface area contributed by atoms with Crippen LogP contribution in [0.4, 0.5) is 8.78 Å². The molecule has 1 aromatic carbocycles. The summed E-state index contributed by atoms with van der Waals surface area (Å²) >= 11 is 0. The Morgan fingerprint density at radius 3 is 2.70 bits per heavy atom. The average molecular weight is 278 g/mol. The fraction of sp³-hybridized carbons (Fsp3) is 0.143. The summed E-state index contributed by atoms with van der Waals surface area (Å²) in [4.78, 5) is 15.8. The number of halogens is 2. The van der Waals surface area contributed by atoms with Crippen LogP contribution in [0.25, 0.3) is 11.3 Å². The van der Waals surface area contributed by atoms with Crippen molar-refractivity contribution in [3.8, 4) is 11.3 Å². The third-order valence-electron chi connectivity index (χ3n) is 2.72. The number of nitrogens with two attached hydrogens (primary N) is 1. The molecule has 0 saturated heterocycles. The fourth-order valence-corrected chi connectivity index (χ4v) is 1.81. The molecule has 0 aliphatic heterocycles. The van der Waals surface area contributed by atoms with E-state index in [1.807, 2.05) is 0 Å². The third-order valence-corrected chi connectivity index (χ3v) is 2.72. The molecule has 0 fully saturated rings. The normalized spacial score (nSPS) is 10.4. The minimum atomic E-state index is -0.877. The summed E-state index contributed by atoms with van der Waals surface area (Å²) in [6, 6.07) is 6.44. The summed E-state index contributed by atoms with van der Waals surface area (Å²) in [6.07, 6.45) is 0. The van der Waals surface area contributed by atoms with Gasteiger partial charge in [0.15, 0.2) is 0 Å². The van der Waals surface area contributed by atoms with Gasteiger partial charge in [-0.25, -0.2) is 13.6 Å². The summed E-state index contributed by atoms with van der Waals surface area (Å²) in [5.41, 5.74) is 5.64. The summed E-state index contributed by atoms with van der Waals surface area (Å²) in [5, 5.41) is 0. The quantitative estimate of drug-likeness (QED) is 0.875. The Balaban J connectivity index is 2.71. The minimum Gasteiger partial charge on any atom is -0.465 e. The lowest BCUT2D eigenvalue weighted by Gasteiger charge is -2.10. The van der Waals surface area contributed by atoms with Gasteiger partial charge in [0.1, 0.15) is 17.2 Å². The summed E-state index contributed by atoms with van der Waals surface area (Å²) in [6.45, 7) is 0.000683. The first-order valence-electron chi connectivity index (χ1n) is 5.80. The molecule has 0 bridgehead atoms. The second-order valence-electron chi connectivity index (χ2n) is 4.03. The van der Waals surface area contributed by atoms with Crippen molar-refractivity contribution in [2.45, 2.75) is 6.54 Å². The van der Waals surface area contributed by atoms with Gasteiger partial charge < -0.3 is 10.5 Å². The highest BCUT2D eigenvalue weighted by molar-refractivity contribution is 5.96. The van der Waals surface area contributed by atoms with E-state index in [1.165, 1.54) is 18.2 Å². The van der Waals surface area contributed by atoms with Gasteiger partial charge in [-0.1, -0.05) is 12.1 Å². The molecular formula is C14H12F2N2O2. The highest BCUT2D eigenvalue weighted by Crippen LogP contribution is 2.26. The van der Waals surface area contributed by atoms with E-state index >= 15 is 0 Å². The SMILES string of the molecule is COC(=O)c1c(F)cc(CN)nc1-c1cccc(F)c1. The highest BCUT2D eigenvalue weighted by atomic mass is 19.1. The molecule has 0 atom stereocenters. The average Bonchev–Trinajstić information content (AvgIpc) is 2.45. The van der Waals surface area contributed by atoms with E-state index in [9.17, 15) is 13.6 Å². The maximum Gasteiger partial charge on any atom is 0.343 e. The molecule has 1 heterocycles. The predicted octanol–water partition coefficient (Wildman–Crippen LogP) is 2.27. The molecule has 20 heavy (non-hydrogen) atoms. The van der Waals surface area contributed by atoms with E-state index in [1.54, 1.807) is 0 Å². The molecule has 0 aliphatic carbocycles. The lowest BCUT2D eigenvalue weighted by molar-refractivity contribution is 0.0596. The van der Waals surface area contributed by atoms with Crippen molar-refractivity contribution in [3.63, 3.8) is 0 Å². The number of carbonyl (C=O) groups is 1. The highest BCUT2D eigenvalue weighted by Gasteiger charge is 2.21. The van der Waals surface area contributed by atoms with E-state index in [-0.39, 0.29) is 29.1 Å². The van der Waals surface area contributed by atoms with Crippen molar-refractivity contribution in [3.05, 3.63) is 53.2 Å². The number of ether oxygens (including phenoxy) is 1. The molecular weight excluding hydrogens is 266 g/mol. The number of pyridine rings is 1. The molecule has 4 nitrogen and oxygen atoms in total. The number of esters is 1. The zero-order valence-corrected chi connectivity index (χ0v) is 10.7. The summed E-state index contributed by atoms with van der Waals surface area (Å²) in [7, 11) is 1.13. The Hall–Kier alpha value is -2.34. The predicted molar refractivity (Wildman–Crippen MR) is 68.8 cm³/mol. The van der Waals surface area contributed by atoms with E-state index in [4.69, 9.17) is 5.73 Å². The number of aromatic nitrogens is 1. The van der Waals surface area contributed by atoms with Crippen LogP contribution >= 0.6 is 0 Å². The molecule has 2 N–H and O–H groups in total. The van der Waals surface area contributed by atoms with E-state index < -0.39 is 17.6 Å². The van der Waals surface area contributed by atoms with Crippen molar-refractivity contribution < 1.29 is 18.3 Å².